The molecule has 3 aromatic carbocycles. The van der Waals surface area contributed by atoms with Crippen LogP contribution in [0.3, 0.4) is 0 Å². The van der Waals surface area contributed by atoms with Crippen LogP contribution in [0.15, 0.2) is 91.0 Å². The average Bonchev–Trinajstić information content (AvgIpc) is 2.69. The van der Waals surface area contributed by atoms with Crippen LogP contribution in [0.5, 0.6) is 0 Å². The highest BCUT2D eigenvalue weighted by molar-refractivity contribution is 9.12. The first-order valence-electron chi connectivity index (χ1n) is 7.84. The van der Waals surface area contributed by atoms with Crippen molar-refractivity contribution in [1.29, 1.82) is 0 Å². The minimum Gasteiger partial charge on any atom is -0.133 e. The van der Waals surface area contributed by atoms with E-state index in [-0.39, 0.29) is 4.83 Å². The summed E-state index contributed by atoms with van der Waals surface area (Å²) in [4.78, 5) is 8.40. The Bertz CT molecular complexity index is 748. The third kappa shape index (κ3) is 7.10. The van der Waals surface area contributed by atoms with Crippen molar-refractivity contribution < 1.29 is 14.0 Å². The van der Waals surface area contributed by atoms with E-state index in [2.05, 4.69) is 80.4 Å². The summed E-state index contributed by atoms with van der Waals surface area (Å²) in [6.45, 7) is 0. The summed E-state index contributed by atoms with van der Waals surface area (Å²) in [6, 6.07) is 30.3. The highest BCUT2D eigenvalue weighted by atomic mass is 79.9. The Morgan fingerprint density at radius 3 is 1.50 bits per heavy atom. The van der Waals surface area contributed by atoms with Crippen molar-refractivity contribution in [1.82, 2.24) is 0 Å². The zero-order valence-corrected chi connectivity index (χ0v) is 17.8. The van der Waals surface area contributed by atoms with E-state index < -0.39 is 13.3 Å². The summed E-state index contributed by atoms with van der Waals surface area (Å²) >= 11 is 6.54. The Morgan fingerprint density at radius 2 is 1.12 bits per heavy atom. The first-order chi connectivity index (χ1) is 12.6. The maximum Gasteiger partial charge on any atom is 0.695 e. The van der Waals surface area contributed by atoms with Gasteiger partial charge in [-0.05, 0) is 16.7 Å². The highest BCUT2D eigenvalue weighted by Crippen LogP contribution is 2.36. The Labute approximate surface area is 171 Å². The number of hydrogen-bond acceptors (Lipinski definition) is 2. The van der Waals surface area contributed by atoms with Gasteiger partial charge in [-0.25, -0.2) is 0 Å². The van der Waals surface area contributed by atoms with Gasteiger partial charge >= 0.3 is 8.25 Å². The van der Waals surface area contributed by atoms with E-state index >= 15 is 0 Å². The molecule has 0 aliphatic carbocycles. The maximum absolute atomic E-state index is 10.4. The van der Waals surface area contributed by atoms with E-state index in [0.29, 0.717) is 0 Å². The van der Waals surface area contributed by atoms with Crippen LogP contribution in [0.2, 0.25) is 0 Å². The van der Waals surface area contributed by atoms with Gasteiger partial charge < -0.3 is 0 Å². The Kier molecular flexibility index (Phi) is 9.16. The van der Waals surface area contributed by atoms with Crippen LogP contribution >= 0.6 is 40.1 Å². The number of hydrogen-bond donors (Lipinski definition) is 1. The summed E-state index contributed by atoms with van der Waals surface area (Å²) in [5.41, 5.74) is 3.53. The van der Waals surface area contributed by atoms with Gasteiger partial charge in [0.05, 0.1) is 4.83 Å². The molecule has 0 saturated heterocycles. The third-order valence-electron chi connectivity index (χ3n) is 3.42. The van der Waals surface area contributed by atoms with E-state index in [1.54, 1.807) is 0 Å². The number of alkyl halides is 2. The second-order valence-electron chi connectivity index (χ2n) is 5.24. The average molecular weight is 497 g/mol. The molecule has 26 heavy (non-hydrogen) atoms. The maximum atomic E-state index is 10.4. The predicted octanol–water partition coefficient (Wildman–Crippen LogP) is 6.86. The molecule has 1 N–H and O–H groups in total. The van der Waals surface area contributed by atoms with Crippen molar-refractivity contribution in [2.75, 3.05) is 0 Å². The molecular weight excluding hydrogens is 479 g/mol. The minimum atomic E-state index is -2.59. The Hall–Kier alpha value is -1.36. The fourth-order valence-corrected chi connectivity index (χ4v) is 3.80. The second kappa shape index (κ2) is 11.4. The van der Waals surface area contributed by atoms with Crippen LogP contribution in [0.25, 0.3) is 11.1 Å². The smallest absolute Gasteiger partial charge is 0.133 e. The van der Waals surface area contributed by atoms with Crippen molar-refractivity contribution in [2.45, 2.75) is 9.84 Å². The zero-order chi connectivity index (χ0) is 18.8. The SMILES string of the molecule is O=[P+](O)OC(Br)C(Br)c1ccccc1.c1ccc(-c2ccccc2)cc1. The van der Waals surface area contributed by atoms with Gasteiger partial charge in [0.2, 0.25) is 0 Å². The lowest BCUT2D eigenvalue weighted by molar-refractivity contribution is 0.264. The minimum absolute atomic E-state index is 0.158. The molecule has 0 heterocycles. The molecule has 3 unspecified atom stereocenters. The van der Waals surface area contributed by atoms with Gasteiger partial charge in [-0.2, -0.15) is 0 Å². The van der Waals surface area contributed by atoms with Crippen LogP contribution in [0.4, 0.5) is 0 Å². The molecule has 3 nitrogen and oxygen atoms in total. The molecule has 6 heteroatoms. The lowest BCUT2D eigenvalue weighted by atomic mass is 10.1. The molecule has 0 spiro atoms. The second-order valence-corrected chi connectivity index (χ2v) is 7.81. The van der Waals surface area contributed by atoms with E-state index in [1.165, 1.54) is 11.1 Å². The molecule has 3 rings (SSSR count). The molecule has 0 aliphatic rings. The van der Waals surface area contributed by atoms with Gasteiger partial charge in [-0.3, -0.25) is 0 Å². The Morgan fingerprint density at radius 1 is 0.731 bits per heavy atom. The number of halogens is 2. The van der Waals surface area contributed by atoms with Crippen molar-refractivity contribution in [3.05, 3.63) is 96.6 Å². The van der Waals surface area contributed by atoms with Crippen LogP contribution in [0.1, 0.15) is 10.4 Å². The van der Waals surface area contributed by atoms with Crippen LogP contribution in [0, 0.1) is 0 Å². The number of benzene rings is 3. The molecule has 0 bridgehead atoms. The summed E-state index contributed by atoms with van der Waals surface area (Å²) in [5, 5.41) is -0.529. The van der Waals surface area contributed by atoms with Crippen molar-refractivity contribution in [2.24, 2.45) is 0 Å². The predicted molar refractivity (Wildman–Crippen MR) is 114 cm³/mol. The summed E-state index contributed by atoms with van der Waals surface area (Å²) in [7, 11) is -2.59. The van der Waals surface area contributed by atoms with Gasteiger partial charge in [0.25, 0.3) is 0 Å². The molecule has 0 radical (unpaired) electrons. The third-order valence-corrected chi connectivity index (χ3v) is 6.55. The monoisotopic (exact) mass is 495 g/mol. The first-order valence-corrected chi connectivity index (χ1v) is 10.8. The summed E-state index contributed by atoms with van der Waals surface area (Å²) in [5.74, 6) is 0. The summed E-state index contributed by atoms with van der Waals surface area (Å²) in [6.07, 6.45) is 0. The van der Waals surface area contributed by atoms with Gasteiger partial charge in [0, 0.05) is 4.57 Å². The molecule has 0 aliphatic heterocycles. The Balaban J connectivity index is 0.000000189. The van der Waals surface area contributed by atoms with Gasteiger partial charge in [0.15, 0.2) is 5.01 Å². The van der Waals surface area contributed by atoms with Crippen LogP contribution < -0.4 is 0 Å². The van der Waals surface area contributed by atoms with Gasteiger partial charge in [0.1, 0.15) is 0 Å². The number of rotatable bonds is 5. The van der Waals surface area contributed by atoms with E-state index in [0.717, 1.165) is 5.56 Å². The van der Waals surface area contributed by atoms with Crippen molar-refractivity contribution in [3.8, 4) is 11.1 Å². The standard InChI is InChI=1S/C12H10.C8H7Br2O3P/c1-3-7-11(8-4-1)12-9-5-2-6-10-12;9-7(8(10)13-14(11)12)6-4-2-1-3-5-6/h1-10H;1-5,7-8H/p+1. The lowest BCUT2D eigenvalue weighted by Gasteiger charge is -2.10. The topological polar surface area (TPSA) is 46.5 Å². The molecule has 134 valence electrons. The van der Waals surface area contributed by atoms with E-state index in [9.17, 15) is 4.57 Å². The lowest BCUT2D eigenvalue weighted by Crippen LogP contribution is -2.07. The zero-order valence-electron chi connectivity index (χ0n) is 13.8. The van der Waals surface area contributed by atoms with E-state index in [1.807, 2.05) is 42.5 Å². The molecule has 3 atom stereocenters. The molecule has 3 aromatic rings. The largest absolute Gasteiger partial charge is 0.695 e. The normalized spacial score (nSPS) is 13.1. The van der Waals surface area contributed by atoms with Gasteiger partial charge in [-0.15, -0.1) is 9.42 Å². The first kappa shape index (κ1) is 20.9. The van der Waals surface area contributed by atoms with Crippen molar-refractivity contribution in [3.63, 3.8) is 0 Å². The molecular formula is C20H18Br2O3P+. The van der Waals surface area contributed by atoms with E-state index in [4.69, 9.17) is 9.42 Å². The molecule has 0 amide bonds. The fourth-order valence-electron chi connectivity index (χ4n) is 2.19. The van der Waals surface area contributed by atoms with Crippen molar-refractivity contribution >= 4 is 40.1 Å². The van der Waals surface area contributed by atoms with Crippen LogP contribution in [-0.4, -0.2) is 9.91 Å². The molecule has 0 aromatic heterocycles. The van der Waals surface area contributed by atoms with Crippen LogP contribution in [-0.2, 0) is 9.09 Å². The van der Waals surface area contributed by atoms with Gasteiger partial charge in [-0.1, -0.05) is 123 Å². The summed E-state index contributed by atoms with van der Waals surface area (Å²) < 4.78 is 15.1. The highest BCUT2D eigenvalue weighted by Gasteiger charge is 2.27. The quantitative estimate of drug-likeness (QED) is 0.310. The molecule has 0 saturated carbocycles. The molecule has 0 fully saturated rings. The fraction of sp³-hybridized carbons (Fsp3) is 0.100.